The number of benzene rings is 2. The molecule has 1 aliphatic rings. The zero-order chi connectivity index (χ0) is 21.3. The van der Waals surface area contributed by atoms with Crippen molar-refractivity contribution < 1.29 is 14.4 Å². The van der Waals surface area contributed by atoms with Crippen LogP contribution in [-0.2, 0) is 15.1 Å². The Bertz CT molecular complexity index is 1110. The number of hydrogen-bond donors (Lipinski definition) is 2. The highest BCUT2D eigenvalue weighted by Crippen LogP contribution is 2.29. The molecule has 7 nitrogen and oxygen atoms in total. The first-order valence-corrected chi connectivity index (χ1v) is 9.69. The maximum absolute atomic E-state index is 13.0. The molecule has 1 aromatic heterocycles. The number of urea groups is 1. The minimum Gasteiger partial charge on any atom is -0.323 e. The van der Waals surface area contributed by atoms with Crippen LogP contribution in [0.3, 0.4) is 0 Å². The van der Waals surface area contributed by atoms with Crippen molar-refractivity contribution in [3.8, 4) is 5.69 Å². The number of nitrogens with zero attached hydrogens (tertiary/aromatic N) is 2. The second-order valence-electron chi connectivity index (χ2n) is 7.11. The highest BCUT2D eigenvalue weighted by atomic mass is 35.5. The molecule has 3 aromatic rings. The topological polar surface area (TPSA) is 83.4 Å². The number of halogens is 1. The van der Waals surface area contributed by atoms with Gasteiger partial charge in [0.25, 0.3) is 5.91 Å². The van der Waals surface area contributed by atoms with Crippen molar-refractivity contribution in [3.05, 3.63) is 83.6 Å². The van der Waals surface area contributed by atoms with Crippen LogP contribution >= 0.6 is 11.6 Å². The Morgan fingerprint density at radius 1 is 1.07 bits per heavy atom. The van der Waals surface area contributed by atoms with E-state index >= 15 is 0 Å². The number of hydrogen-bond acceptors (Lipinski definition) is 3. The van der Waals surface area contributed by atoms with Gasteiger partial charge in [-0.05, 0) is 42.8 Å². The van der Waals surface area contributed by atoms with Gasteiger partial charge < -0.3 is 15.2 Å². The van der Waals surface area contributed by atoms with Crippen molar-refractivity contribution in [2.24, 2.45) is 0 Å². The van der Waals surface area contributed by atoms with Gasteiger partial charge in [-0.2, -0.15) is 0 Å². The van der Waals surface area contributed by atoms with Gasteiger partial charge in [0.15, 0.2) is 0 Å². The van der Waals surface area contributed by atoms with Crippen molar-refractivity contribution >= 4 is 35.1 Å². The van der Waals surface area contributed by atoms with Crippen molar-refractivity contribution in [2.45, 2.75) is 12.5 Å². The lowest BCUT2D eigenvalue weighted by atomic mass is 9.92. The predicted octanol–water partition coefficient (Wildman–Crippen LogP) is 3.54. The van der Waals surface area contributed by atoms with Crippen LogP contribution in [0.5, 0.6) is 0 Å². The molecule has 4 amide bonds. The van der Waals surface area contributed by atoms with Crippen LogP contribution in [0.25, 0.3) is 5.69 Å². The Kier molecular flexibility index (Phi) is 5.05. The maximum atomic E-state index is 13.0. The molecule has 0 aliphatic carbocycles. The summed E-state index contributed by atoms with van der Waals surface area (Å²) in [6.45, 7) is 1.23. The Morgan fingerprint density at radius 3 is 2.47 bits per heavy atom. The Labute approximate surface area is 178 Å². The van der Waals surface area contributed by atoms with Crippen LogP contribution in [0.15, 0.2) is 73.1 Å². The van der Waals surface area contributed by atoms with E-state index in [2.05, 4.69) is 10.6 Å². The van der Waals surface area contributed by atoms with Gasteiger partial charge in [0.1, 0.15) is 12.1 Å². The van der Waals surface area contributed by atoms with Crippen LogP contribution in [0.2, 0.25) is 5.02 Å². The third kappa shape index (κ3) is 3.55. The van der Waals surface area contributed by atoms with E-state index in [4.69, 9.17) is 11.6 Å². The third-order valence-corrected chi connectivity index (χ3v) is 5.28. The summed E-state index contributed by atoms with van der Waals surface area (Å²) in [5, 5.41) is 5.98. The lowest BCUT2D eigenvalue weighted by Gasteiger charge is -2.22. The second kappa shape index (κ2) is 7.68. The maximum Gasteiger partial charge on any atom is 0.325 e. The molecule has 1 atom stereocenters. The molecule has 1 aliphatic heterocycles. The highest BCUT2D eigenvalue weighted by molar-refractivity contribution is 6.31. The normalized spacial score (nSPS) is 18.4. The summed E-state index contributed by atoms with van der Waals surface area (Å²) in [5.41, 5.74) is 0.624. The molecular formula is C22H19ClN4O3. The van der Waals surface area contributed by atoms with Gasteiger partial charge in [-0.3, -0.25) is 14.5 Å². The zero-order valence-electron chi connectivity index (χ0n) is 16.1. The van der Waals surface area contributed by atoms with Gasteiger partial charge in [-0.25, -0.2) is 4.79 Å². The Hall–Kier alpha value is -3.58. The minimum atomic E-state index is -1.21. The van der Waals surface area contributed by atoms with Crippen molar-refractivity contribution in [1.82, 2.24) is 14.8 Å². The summed E-state index contributed by atoms with van der Waals surface area (Å²) in [5.74, 6) is -0.970. The highest BCUT2D eigenvalue weighted by Gasteiger charge is 2.49. The first-order chi connectivity index (χ1) is 14.4. The van der Waals surface area contributed by atoms with Crippen molar-refractivity contribution in [2.75, 3.05) is 11.9 Å². The van der Waals surface area contributed by atoms with Gasteiger partial charge >= 0.3 is 6.03 Å². The SMILES string of the molecule is CC1(c2ccccc2)NC(=O)N(CC(=O)Nc2ccc(Cl)cc2-n2cccc2)C1=O. The fourth-order valence-electron chi connectivity index (χ4n) is 3.46. The number of aromatic nitrogens is 1. The average Bonchev–Trinajstić information content (AvgIpc) is 3.34. The summed E-state index contributed by atoms with van der Waals surface area (Å²) in [7, 11) is 0. The third-order valence-electron chi connectivity index (χ3n) is 5.04. The van der Waals surface area contributed by atoms with E-state index in [1.807, 2.05) is 35.2 Å². The van der Waals surface area contributed by atoms with Gasteiger partial charge in [-0.15, -0.1) is 0 Å². The molecule has 2 N–H and O–H groups in total. The smallest absolute Gasteiger partial charge is 0.323 e. The van der Waals surface area contributed by atoms with E-state index in [0.717, 1.165) is 4.90 Å². The van der Waals surface area contributed by atoms with Crippen LogP contribution in [0.4, 0.5) is 10.5 Å². The summed E-state index contributed by atoms with van der Waals surface area (Å²) in [6, 6.07) is 17.1. The summed E-state index contributed by atoms with van der Waals surface area (Å²) in [6.07, 6.45) is 3.65. The van der Waals surface area contributed by atoms with E-state index in [1.54, 1.807) is 49.4 Å². The number of rotatable bonds is 5. The standard InChI is InChI=1S/C22H19ClN4O3/c1-22(15-7-3-2-4-8-15)20(29)27(21(30)25-22)14-19(28)24-17-10-9-16(23)13-18(17)26-11-5-6-12-26/h2-13H,14H2,1H3,(H,24,28)(H,25,30). The number of amides is 4. The van der Waals surface area contributed by atoms with E-state index in [0.29, 0.717) is 22.0 Å². The fourth-order valence-corrected chi connectivity index (χ4v) is 3.63. The summed E-state index contributed by atoms with van der Waals surface area (Å²) >= 11 is 6.10. The largest absolute Gasteiger partial charge is 0.325 e. The lowest BCUT2D eigenvalue weighted by Crippen LogP contribution is -2.42. The number of carbonyl (C=O) groups excluding carboxylic acids is 3. The van der Waals surface area contributed by atoms with Gasteiger partial charge in [-0.1, -0.05) is 41.9 Å². The van der Waals surface area contributed by atoms with Crippen LogP contribution < -0.4 is 10.6 Å². The van der Waals surface area contributed by atoms with Gasteiger partial charge in [0.05, 0.1) is 11.4 Å². The predicted molar refractivity (Wildman–Crippen MR) is 113 cm³/mol. The number of carbonyl (C=O) groups is 3. The first kappa shape index (κ1) is 19.7. The molecule has 4 rings (SSSR count). The second-order valence-corrected chi connectivity index (χ2v) is 7.55. The molecule has 2 heterocycles. The molecule has 1 unspecified atom stereocenters. The minimum absolute atomic E-state index is 0.402. The van der Waals surface area contributed by atoms with Crippen molar-refractivity contribution in [1.29, 1.82) is 0 Å². The molecule has 152 valence electrons. The molecule has 2 aromatic carbocycles. The molecule has 1 saturated heterocycles. The Morgan fingerprint density at radius 2 is 1.77 bits per heavy atom. The van der Waals surface area contributed by atoms with Gasteiger partial charge in [0, 0.05) is 17.4 Å². The number of anilines is 1. The molecule has 0 radical (unpaired) electrons. The molecule has 30 heavy (non-hydrogen) atoms. The first-order valence-electron chi connectivity index (χ1n) is 9.31. The van der Waals surface area contributed by atoms with Crippen LogP contribution in [0.1, 0.15) is 12.5 Å². The molecule has 0 saturated carbocycles. The van der Waals surface area contributed by atoms with Gasteiger partial charge in [0.2, 0.25) is 5.91 Å². The fraction of sp³-hybridized carbons (Fsp3) is 0.136. The van der Waals surface area contributed by atoms with Crippen molar-refractivity contribution in [3.63, 3.8) is 0 Å². The Balaban J connectivity index is 1.53. The summed E-state index contributed by atoms with van der Waals surface area (Å²) < 4.78 is 1.81. The molecular weight excluding hydrogens is 404 g/mol. The molecule has 8 heteroatoms. The monoisotopic (exact) mass is 422 g/mol. The quantitative estimate of drug-likeness (QED) is 0.617. The van der Waals surface area contributed by atoms with Crippen LogP contribution in [0, 0.1) is 0 Å². The summed E-state index contributed by atoms with van der Waals surface area (Å²) in [4.78, 5) is 39.0. The number of nitrogens with one attached hydrogen (secondary N) is 2. The van der Waals surface area contributed by atoms with E-state index in [9.17, 15) is 14.4 Å². The van der Waals surface area contributed by atoms with E-state index in [1.165, 1.54) is 0 Å². The van der Waals surface area contributed by atoms with Crippen LogP contribution in [-0.4, -0.2) is 33.9 Å². The lowest BCUT2D eigenvalue weighted by molar-refractivity contribution is -0.133. The average molecular weight is 423 g/mol. The molecule has 1 fully saturated rings. The zero-order valence-corrected chi connectivity index (χ0v) is 16.9. The van der Waals surface area contributed by atoms with E-state index in [-0.39, 0.29) is 0 Å². The van der Waals surface area contributed by atoms with E-state index < -0.39 is 29.9 Å². The number of imide groups is 1. The molecule has 0 bridgehead atoms. The molecule has 0 spiro atoms.